The van der Waals surface area contributed by atoms with E-state index in [-0.39, 0.29) is 41.2 Å². The number of hydrogen-bond acceptors (Lipinski definition) is 9. The van der Waals surface area contributed by atoms with E-state index in [1.165, 1.54) is 19.2 Å². The van der Waals surface area contributed by atoms with Gasteiger partial charge < -0.3 is 25.5 Å². The Morgan fingerprint density at radius 1 is 1.16 bits per heavy atom. The first-order valence-corrected chi connectivity index (χ1v) is 11.8. The predicted molar refractivity (Wildman–Crippen MR) is 133 cm³/mol. The summed E-state index contributed by atoms with van der Waals surface area (Å²) in [5, 5.41) is 6.27. The highest BCUT2D eigenvalue weighted by atomic mass is 19.4. The lowest BCUT2D eigenvalue weighted by Crippen LogP contribution is -2.37. The van der Waals surface area contributed by atoms with Crippen molar-refractivity contribution in [2.24, 2.45) is 5.73 Å². The van der Waals surface area contributed by atoms with Crippen LogP contribution in [0.25, 0.3) is 22.4 Å². The lowest BCUT2D eigenvalue weighted by molar-refractivity contribution is -0.140. The second kappa shape index (κ2) is 11.0. The highest BCUT2D eigenvalue weighted by Gasteiger charge is 2.33. The Kier molecular flexibility index (Phi) is 7.76. The van der Waals surface area contributed by atoms with Gasteiger partial charge >= 0.3 is 6.18 Å². The topological polar surface area (TPSA) is 141 Å². The van der Waals surface area contributed by atoms with Gasteiger partial charge in [0.25, 0.3) is 5.91 Å². The minimum absolute atomic E-state index is 0.0134. The number of fused-ring (bicyclic) bond motifs is 1. The number of anilines is 1. The van der Waals surface area contributed by atoms with Crippen molar-refractivity contribution in [3.8, 4) is 17.2 Å². The first-order chi connectivity index (χ1) is 18.1. The molecule has 38 heavy (non-hydrogen) atoms. The Morgan fingerprint density at radius 3 is 2.53 bits per heavy atom. The number of rotatable bonds is 9. The number of pyridine rings is 1. The molecule has 0 saturated carbocycles. The molecule has 1 amide bonds. The maximum absolute atomic E-state index is 13.3. The van der Waals surface area contributed by atoms with Crippen molar-refractivity contribution in [1.29, 1.82) is 0 Å². The van der Waals surface area contributed by atoms with Crippen molar-refractivity contribution in [1.82, 2.24) is 25.3 Å². The van der Waals surface area contributed by atoms with Crippen LogP contribution in [0.4, 0.5) is 19.1 Å². The third-order valence-corrected chi connectivity index (χ3v) is 5.74. The number of nitrogens with two attached hydrogens (primary N) is 1. The number of hydrogen-bond donors (Lipinski definition) is 3. The van der Waals surface area contributed by atoms with Gasteiger partial charge in [0.1, 0.15) is 17.0 Å². The lowest BCUT2D eigenvalue weighted by atomic mass is 10.1. The van der Waals surface area contributed by atoms with E-state index in [0.29, 0.717) is 23.3 Å². The van der Waals surface area contributed by atoms with Crippen molar-refractivity contribution in [3.05, 3.63) is 59.9 Å². The van der Waals surface area contributed by atoms with Crippen LogP contribution in [0.15, 0.2) is 47.1 Å². The van der Waals surface area contributed by atoms with E-state index in [4.69, 9.17) is 14.9 Å². The normalized spacial score (nSPS) is 13.2. The number of benzene rings is 1. The molecule has 10 nitrogen and oxygen atoms in total. The van der Waals surface area contributed by atoms with Crippen LogP contribution >= 0.6 is 0 Å². The molecule has 2 atom stereocenters. The summed E-state index contributed by atoms with van der Waals surface area (Å²) in [7, 11) is 1.33. The maximum atomic E-state index is 13.3. The van der Waals surface area contributed by atoms with Crippen LogP contribution < -0.4 is 21.1 Å². The summed E-state index contributed by atoms with van der Waals surface area (Å²) in [6.07, 6.45) is -0.750. The zero-order valence-corrected chi connectivity index (χ0v) is 20.8. The van der Waals surface area contributed by atoms with Gasteiger partial charge in [0.2, 0.25) is 11.8 Å². The van der Waals surface area contributed by atoms with E-state index in [1.54, 1.807) is 31.5 Å². The first-order valence-electron chi connectivity index (χ1n) is 11.8. The molecule has 0 spiro atoms. The van der Waals surface area contributed by atoms with E-state index in [0.717, 1.165) is 6.07 Å². The molecule has 3 heterocycles. The molecule has 0 aliphatic heterocycles. The van der Waals surface area contributed by atoms with Crippen LogP contribution in [0.5, 0.6) is 5.75 Å². The van der Waals surface area contributed by atoms with Gasteiger partial charge in [-0.05, 0) is 43.7 Å². The lowest BCUT2D eigenvalue weighted by Gasteiger charge is -2.17. The Balaban J connectivity index is 1.65. The third-order valence-electron chi connectivity index (χ3n) is 5.74. The molecule has 4 aromatic rings. The van der Waals surface area contributed by atoms with E-state index in [2.05, 4.69) is 30.6 Å². The second-order valence-electron chi connectivity index (χ2n) is 8.46. The fraction of sp³-hybridized carbons (Fsp3) is 0.320. The zero-order valence-electron chi connectivity index (χ0n) is 20.8. The van der Waals surface area contributed by atoms with E-state index >= 15 is 0 Å². The predicted octanol–water partition coefficient (Wildman–Crippen LogP) is 4.35. The van der Waals surface area contributed by atoms with E-state index in [1.807, 2.05) is 6.92 Å². The molecular formula is C25H26F3N7O3. The summed E-state index contributed by atoms with van der Waals surface area (Å²) < 4.78 is 50.9. The molecule has 4 N–H and O–H groups in total. The Hall–Kier alpha value is -4.26. The molecule has 0 bridgehead atoms. The second-order valence-corrected chi connectivity index (χ2v) is 8.46. The van der Waals surface area contributed by atoms with Crippen LogP contribution in [0.2, 0.25) is 0 Å². The molecule has 0 aliphatic carbocycles. The molecule has 200 valence electrons. The maximum Gasteiger partial charge on any atom is 0.433 e. The number of oxazole rings is 1. The average molecular weight is 530 g/mol. The summed E-state index contributed by atoms with van der Waals surface area (Å²) in [5.41, 5.74) is 5.27. The standard InChI is InChI=1S/C25H26F3N7O3/c1-4-14(33-24-30-10-5-11-31-24)12-32-22(36)20-21(13(2)29)38-23(35-20)16-6-8-17(37-3)19-15(16)7-9-18(34-19)25(26,27)28/h5-11,13-14H,4,12,29H2,1-3H3,(H,32,36)(H,30,31,33)/t13-,14-/m0/s1. The summed E-state index contributed by atoms with van der Waals surface area (Å²) in [6.45, 7) is 3.82. The number of carbonyl (C=O) groups is 1. The van der Waals surface area contributed by atoms with Gasteiger partial charge in [-0.2, -0.15) is 13.2 Å². The Morgan fingerprint density at radius 2 is 1.89 bits per heavy atom. The molecular weight excluding hydrogens is 503 g/mol. The highest BCUT2D eigenvalue weighted by molar-refractivity contribution is 5.98. The molecule has 4 rings (SSSR count). The largest absolute Gasteiger partial charge is 0.494 e. The highest BCUT2D eigenvalue weighted by Crippen LogP contribution is 2.37. The third kappa shape index (κ3) is 5.67. The fourth-order valence-electron chi connectivity index (χ4n) is 3.77. The number of ether oxygens (including phenoxy) is 1. The Labute approximate surface area is 215 Å². The van der Waals surface area contributed by atoms with Gasteiger partial charge in [-0.3, -0.25) is 4.79 Å². The van der Waals surface area contributed by atoms with Gasteiger partial charge in [-0.1, -0.05) is 6.92 Å². The number of alkyl halides is 3. The fourth-order valence-corrected chi connectivity index (χ4v) is 3.77. The number of methoxy groups -OCH3 is 1. The van der Waals surface area contributed by atoms with Crippen molar-refractivity contribution in [2.75, 3.05) is 19.0 Å². The number of amides is 1. The van der Waals surface area contributed by atoms with Gasteiger partial charge in [0.05, 0.1) is 13.2 Å². The van der Waals surface area contributed by atoms with Crippen molar-refractivity contribution in [2.45, 2.75) is 38.5 Å². The van der Waals surface area contributed by atoms with Crippen LogP contribution in [0.1, 0.15) is 48.3 Å². The van der Waals surface area contributed by atoms with Crippen molar-refractivity contribution < 1.29 is 27.1 Å². The summed E-state index contributed by atoms with van der Waals surface area (Å²) in [4.78, 5) is 29.5. The smallest absolute Gasteiger partial charge is 0.433 e. The summed E-state index contributed by atoms with van der Waals surface area (Å²) in [6, 6.07) is 6.02. The van der Waals surface area contributed by atoms with Crippen LogP contribution in [0, 0.1) is 0 Å². The molecule has 0 fully saturated rings. The van der Waals surface area contributed by atoms with Crippen LogP contribution in [-0.4, -0.2) is 45.5 Å². The Bertz CT molecular complexity index is 1430. The molecule has 13 heteroatoms. The van der Waals surface area contributed by atoms with Crippen molar-refractivity contribution >= 4 is 22.8 Å². The minimum Gasteiger partial charge on any atom is -0.494 e. The molecule has 3 aromatic heterocycles. The quantitative estimate of drug-likeness (QED) is 0.289. The monoisotopic (exact) mass is 529 g/mol. The molecule has 0 aliphatic rings. The summed E-state index contributed by atoms with van der Waals surface area (Å²) in [5.74, 6) is 0.208. The molecule has 0 unspecified atom stereocenters. The number of carbonyl (C=O) groups excluding carboxylic acids is 1. The van der Waals surface area contributed by atoms with Crippen LogP contribution in [-0.2, 0) is 6.18 Å². The minimum atomic E-state index is -4.64. The van der Waals surface area contributed by atoms with Gasteiger partial charge in [-0.15, -0.1) is 0 Å². The van der Waals surface area contributed by atoms with Crippen LogP contribution in [0.3, 0.4) is 0 Å². The van der Waals surface area contributed by atoms with Gasteiger partial charge in [0, 0.05) is 35.9 Å². The molecule has 0 saturated heterocycles. The van der Waals surface area contributed by atoms with Gasteiger partial charge in [-0.25, -0.2) is 19.9 Å². The number of aromatic nitrogens is 4. The SMILES string of the molecule is CC[C@@H](CNC(=O)c1nc(-c2ccc(OC)c3nc(C(F)(F)F)ccc23)oc1[C@H](C)N)Nc1ncccn1. The molecule has 0 radical (unpaired) electrons. The average Bonchev–Trinajstić information content (AvgIpc) is 3.36. The van der Waals surface area contributed by atoms with Crippen molar-refractivity contribution in [3.63, 3.8) is 0 Å². The first kappa shape index (κ1) is 26.8. The zero-order chi connectivity index (χ0) is 27.4. The summed E-state index contributed by atoms with van der Waals surface area (Å²) >= 11 is 0. The number of halogens is 3. The number of nitrogens with zero attached hydrogens (tertiary/aromatic N) is 4. The molecule has 1 aromatic carbocycles. The van der Waals surface area contributed by atoms with Gasteiger partial charge in [0.15, 0.2) is 11.5 Å². The number of nitrogens with one attached hydrogen (secondary N) is 2. The van der Waals surface area contributed by atoms with E-state index in [9.17, 15) is 18.0 Å². The van der Waals surface area contributed by atoms with E-state index < -0.39 is 23.8 Å².